The highest BCUT2D eigenvalue weighted by atomic mass is 16.1. The number of carbonyl (C=O) groups is 1. The Labute approximate surface area is 113 Å². The van der Waals surface area contributed by atoms with E-state index in [4.69, 9.17) is 0 Å². The lowest BCUT2D eigenvalue weighted by atomic mass is 9.66. The fraction of sp³-hybridized carbons (Fsp3) is 0.941. The molecule has 2 rings (SSSR count). The highest BCUT2D eigenvalue weighted by Crippen LogP contribution is 2.43. The van der Waals surface area contributed by atoms with Crippen LogP contribution in [0.5, 0.6) is 0 Å². The maximum Gasteiger partial charge on any atom is 0.136 e. The van der Waals surface area contributed by atoms with Gasteiger partial charge in [0.2, 0.25) is 0 Å². The van der Waals surface area contributed by atoms with Gasteiger partial charge >= 0.3 is 0 Å². The lowest BCUT2D eigenvalue weighted by molar-refractivity contribution is -0.126. The maximum atomic E-state index is 12.4. The maximum absolute atomic E-state index is 12.4. The van der Waals surface area contributed by atoms with Gasteiger partial charge in [-0.1, -0.05) is 52.4 Å². The first kappa shape index (κ1) is 14.1. The number of hydrogen-bond acceptors (Lipinski definition) is 1. The molecule has 0 N–H and O–H groups in total. The molecule has 104 valence electrons. The lowest BCUT2D eigenvalue weighted by Crippen LogP contribution is -2.31. The minimum atomic E-state index is 0.421. The van der Waals surface area contributed by atoms with E-state index >= 15 is 0 Å². The Morgan fingerprint density at radius 1 is 1.00 bits per heavy atom. The van der Waals surface area contributed by atoms with E-state index in [2.05, 4.69) is 13.8 Å². The van der Waals surface area contributed by atoms with Gasteiger partial charge in [0, 0.05) is 12.3 Å². The standard InChI is InChI=1S/C17H30O/c1-3-13(4-2)11-17(18)16-10-9-14-7-5-6-8-15(14)12-16/h13-16H,3-12H2,1-2H3. The average molecular weight is 250 g/mol. The van der Waals surface area contributed by atoms with Crippen LogP contribution in [0.2, 0.25) is 0 Å². The van der Waals surface area contributed by atoms with Gasteiger partial charge in [-0.3, -0.25) is 4.79 Å². The Bertz CT molecular complexity index is 267. The molecule has 0 aliphatic heterocycles. The smallest absolute Gasteiger partial charge is 0.136 e. The summed E-state index contributed by atoms with van der Waals surface area (Å²) >= 11 is 0. The van der Waals surface area contributed by atoms with Gasteiger partial charge in [0.15, 0.2) is 0 Å². The first-order chi connectivity index (χ1) is 8.74. The van der Waals surface area contributed by atoms with Crippen molar-refractivity contribution in [1.82, 2.24) is 0 Å². The molecule has 2 aliphatic rings. The lowest BCUT2D eigenvalue weighted by Gasteiger charge is -2.39. The summed E-state index contributed by atoms with van der Waals surface area (Å²) in [6.07, 6.45) is 12.6. The summed E-state index contributed by atoms with van der Waals surface area (Å²) in [6.45, 7) is 4.44. The van der Waals surface area contributed by atoms with Gasteiger partial charge in [-0.05, 0) is 37.0 Å². The third-order valence-electron chi connectivity index (χ3n) is 5.64. The van der Waals surface area contributed by atoms with Crippen LogP contribution in [-0.4, -0.2) is 5.78 Å². The molecule has 0 aromatic heterocycles. The van der Waals surface area contributed by atoms with Crippen molar-refractivity contribution in [2.75, 3.05) is 0 Å². The summed E-state index contributed by atoms with van der Waals surface area (Å²) in [5, 5.41) is 0. The van der Waals surface area contributed by atoms with E-state index in [9.17, 15) is 4.79 Å². The van der Waals surface area contributed by atoms with Crippen molar-refractivity contribution < 1.29 is 4.79 Å². The van der Waals surface area contributed by atoms with Crippen LogP contribution in [0, 0.1) is 23.7 Å². The zero-order chi connectivity index (χ0) is 13.0. The van der Waals surface area contributed by atoms with Gasteiger partial charge in [-0.2, -0.15) is 0 Å². The molecular weight excluding hydrogens is 220 g/mol. The summed E-state index contributed by atoms with van der Waals surface area (Å²) < 4.78 is 0. The van der Waals surface area contributed by atoms with E-state index in [1.54, 1.807) is 0 Å². The molecule has 18 heavy (non-hydrogen) atoms. The molecule has 0 bridgehead atoms. The first-order valence-electron chi connectivity index (χ1n) is 8.27. The highest BCUT2D eigenvalue weighted by molar-refractivity contribution is 5.81. The van der Waals surface area contributed by atoms with Gasteiger partial charge in [0.1, 0.15) is 5.78 Å². The van der Waals surface area contributed by atoms with E-state index in [0.717, 1.165) is 18.3 Å². The van der Waals surface area contributed by atoms with Crippen molar-refractivity contribution >= 4 is 5.78 Å². The largest absolute Gasteiger partial charge is 0.299 e. The van der Waals surface area contributed by atoms with Crippen molar-refractivity contribution in [3.8, 4) is 0 Å². The molecule has 2 saturated carbocycles. The van der Waals surface area contributed by atoms with Crippen molar-refractivity contribution in [3.05, 3.63) is 0 Å². The Morgan fingerprint density at radius 3 is 2.33 bits per heavy atom. The molecule has 2 fully saturated rings. The molecule has 0 amide bonds. The monoisotopic (exact) mass is 250 g/mol. The molecule has 0 radical (unpaired) electrons. The molecule has 2 aliphatic carbocycles. The van der Waals surface area contributed by atoms with Crippen LogP contribution in [0.15, 0.2) is 0 Å². The molecular formula is C17H30O. The van der Waals surface area contributed by atoms with Crippen molar-refractivity contribution in [2.24, 2.45) is 23.7 Å². The van der Waals surface area contributed by atoms with Crippen LogP contribution < -0.4 is 0 Å². The molecule has 3 atom stereocenters. The fourth-order valence-corrected chi connectivity index (χ4v) is 4.19. The summed E-state index contributed by atoms with van der Waals surface area (Å²) in [4.78, 5) is 12.4. The fourth-order valence-electron chi connectivity index (χ4n) is 4.19. The Hall–Kier alpha value is -0.330. The van der Waals surface area contributed by atoms with E-state index in [-0.39, 0.29) is 0 Å². The number of fused-ring (bicyclic) bond motifs is 1. The number of carbonyl (C=O) groups excluding carboxylic acids is 1. The van der Waals surface area contributed by atoms with E-state index in [0.29, 0.717) is 17.6 Å². The second-order valence-electron chi connectivity index (χ2n) is 6.67. The molecule has 1 nitrogen and oxygen atoms in total. The molecule has 3 unspecified atom stereocenters. The van der Waals surface area contributed by atoms with Gasteiger partial charge in [0.25, 0.3) is 0 Å². The highest BCUT2D eigenvalue weighted by Gasteiger charge is 2.34. The minimum absolute atomic E-state index is 0.421. The molecule has 0 heterocycles. The molecule has 0 aromatic carbocycles. The third kappa shape index (κ3) is 3.36. The number of rotatable bonds is 5. The zero-order valence-corrected chi connectivity index (χ0v) is 12.3. The Kier molecular flexibility index (Phi) is 5.26. The minimum Gasteiger partial charge on any atom is -0.299 e. The van der Waals surface area contributed by atoms with Crippen LogP contribution in [0.4, 0.5) is 0 Å². The number of hydrogen-bond donors (Lipinski definition) is 0. The summed E-state index contributed by atoms with van der Waals surface area (Å²) in [5.41, 5.74) is 0. The SMILES string of the molecule is CCC(CC)CC(=O)C1CCC2CCCCC2C1. The summed E-state index contributed by atoms with van der Waals surface area (Å²) in [7, 11) is 0. The van der Waals surface area contributed by atoms with Crippen LogP contribution in [0.3, 0.4) is 0 Å². The van der Waals surface area contributed by atoms with Crippen LogP contribution in [-0.2, 0) is 4.79 Å². The van der Waals surface area contributed by atoms with Crippen LogP contribution in [0.1, 0.15) is 78.1 Å². The van der Waals surface area contributed by atoms with Gasteiger partial charge in [-0.25, -0.2) is 0 Å². The predicted octanol–water partition coefficient (Wildman–Crippen LogP) is 4.99. The predicted molar refractivity (Wildman–Crippen MR) is 76.5 cm³/mol. The normalized spacial score (nSPS) is 32.3. The van der Waals surface area contributed by atoms with E-state index in [1.807, 2.05) is 0 Å². The van der Waals surface area contributed by atoms with Crippen molar-refractivity contribution in [2.45, 2.75) is 78.1 Å². The van der Waals surface area contributed by atoms with Gasteiger partial charge in [-0.15, -0.1) is 0 Å². The zero-order valence-electron chi connectivity index (χ0n) is 12.3. The second kappa shape index (κ2) is 6.73. The molecule has 0 aromatic rings. The van der Waals surface area contributed by atoms with Crippen LogP contribution in [0.25, 0.3) is 0 Å². The van der Waals surface area contributed by atoms with Crippen molar-refractivity contribution in [3.63, 3.8) is 0 Å². The topological polar surface area (TPSA) is 17.1 Å². The molecule has 0 spiro atoms. The Balaban J connectivity index is 1.84. The second-order valence-corrected chi connectivity index (χ2v) is 6.67. The van der Waals surface area contributed by atoms with E-state index < -0.39 is 0 Å². The average Bonchev–Trinajstić information content (AvgIpc) is 2.44. The van der Waals surface area contributed by atoms with Crippen molar-refractivity contribution in [1.29, 1.82) is 0 Å². The molecule has 0 saturated heterocycles. The molecule has 1 heteroatoms. The van der Waals surface area contributed by atoms with Gasteiger partial charge in [0.05, 0.1) is 0 Å². The number of ketones is 1. The van der Waals surface area contributed by atoms with Gasteiger partial charge < -0.3 is 0 Å². The summed E-state index contributed by atoms with van der Waals surface area (Å²) in [5.74, 6) is 3.51. The quantitative estimate of drug-likeness (QED) is 0.672. The number of Topliss-reactive ketones (excluding diaryl/α,β-unsaturated/α-hetero) is 1. The summed E-state index contributed by atoms with van der Waals surface area (Å²) in [6, 6.07) is 0. The van der Waals surface area contributed by atoms with Crippen LogP contribution >= 0.6 is 0 Å². The first-order valence-corrected chi connectivity index (χ1v) is 8.27. The van der Waals surface area contributed by atoms with E-state index in [1.165, 1.54) is 57.8 Å². The third-order valence-corrected chi connectivity index (χ3v) is 5.64. The Morgan fingerprint density at radius 2 is 1.67 bits per heavy atom.